The van der Waals surface area contributed by atoms with Crippen molar-refractivity contribution in [2.75, 3.05) is 6.54 Å². The Labute approximate surface area is 129 Å². The van der Waals surface area contributed by atoms with Crippen molar-refractivity contribution in [3.63, 3.8) is 0 Å². The van der Waals surface area contributed by atoms with E-state index in [1.807, 2.05) is 0 Å². The normalized spacial score (nSPS) is 11.1. The van der Waals surface area contributed by atoms with Gasteiger partial charge < -0.3 is 10.1 Å². The topological polar surface area (TPSA) is 47.0 Å². The number of halogens is 2. The predicted octanol–water partition coefficient (Wildman–Crippen LogP) is 3.98. The molecule has 0 spiro atoms. The van der Waals surface area contributed by atoms with Gasteiger partial charge in [-0.25, -0.2) is 4.39 Å². The van der Waals surface area contributed by atoms with E-state index in [1.165, 1.54) is 17.4 Å². The average molecular weight is 360 g/mol. The van der Waals surface area contributed by atoms with Crippen molar-refractivity contribution in [3.8, 4) is 10.9 Å². The van der Waals surface area contributed by atoms with Crippen LogP contribution in [0.4, 0.5) is 4.39 Å². The van der Waals surface area contributed by atoms with Gasteiger partial charge in [0.1, 0.15) is 16.6 Å². The summed E-state index contributed by atoms with van der Waals surface area (Å²) >= 11 is 4.49. The highest BCUT2D eigenvalue weighted by Gasteiger charge is 2.08. The predicted molar refractivity (Wildman–Crippen MR) is 80.6 cm³/mol. The molecule has 0 saturated heterocycles. The Kier molecular flexibility index (Phi) is 5.45. The van der Waals surface area contributed by atoms with Gasteiger partial charge in [0.2, 0.25) is 0 Å². The highest BCUT2D eigenvalue weighted by atomic mass is 79.9. The molecule has 1 aromatic carbocycles. The lowest BCUT2D eigenvalue weighted by molar-refractivity contribution is 0.470. The van der Waals surface area contributed by atoms with E-state index in [-0.39, 0.29) is 5.82 Å². The molecule has 0 saturated carbocycles. The molecule has 0 fully saturated rings. The van der Waals surface area contributed by atoms with Gasteiger partial charge >= 0.3 is 0 Å². The largest absolute Gasteiger partial charge is 0.430 e. The highest BCUT2D eigenvalue weighted by Crippen LogP contribution is 2.28. The van der Waals surface area contributed by atoms with Crippen molar-refractivity contribution in [1.82, 2.24) is 15.5 Å². The smallest absolute Gasteiger partial charge is 0.299 e. The molecule has 0 aliphatic carbocycles. The van der Waals surface area contributed by atoms with Crippen LogP contribution in [-0.4, -0.2) is 16.7 Å². The minimum Gasteiger partial charge on any atom is -0.430 e. The maximum atomic E-state index is 13.1. The third-order valence-corrected chi connectivity index (χ3v) is 3.78. The van der Waals surface area contributed by atoms with Gasteiger partial charge in [0.25, 0.3) is 5.19 Å². The summed E-state index contributed by atoms with van der Waals surface area (Å²) < 4.78 is 19.0. The van der Waals surface area contributed by atoms with Gasteiger partial charge in [-0.15, -0.1) is 5.10 Å². The molecule has 0 aliphatic rings. The molecule has 0 amide bonds. The molecule has 1 aromatic heterocycles. The van der Waals surface area contributed by atoms with Crippen LogP contribution in [0.3, 0.4) is 0 Å². The van der Waals surface area contributed by atoms with Gasteiger partial charge in [-0.2, -0.15) is 0 Å². The minimum absolute atomic E-state index is 0.326. The summed E-state index contributed by atoms with van der Waals surface area (Å²) in [5, 5.41) is 12.6. The van der Waals surface area contributed by atoms with Gasteiger partial charge in [0.05, 0.1) is 4.47 Å². The van der Waals surface area contributed by atoms with Crippen LogP contribution in [0, 0.1) is 11.7 Å². The first kappa shape index (κ1) is 15.3. The standard InChI is InChI=1S/C13H15BrFN3OS/c1-8(2)6-16-7-12-17-18-13(20-12)19-9-3-4-11(15)10(14)5-9/h3-5,8,16H,6-7H2,1-2H3. The SMILES string of the molecule is CC(C)CNCc1nnc(Oc2ccc(F)c(Br)c2)s1. The van der Waals surface area contributed by atoms with Crippen LogP contribution in [0.2, 0.25) is 0 Å². The quantitative estimate of drug-likeness (QED) is 0.847. The molecule has 2 rings (SSSR count). The fourth-order valence-electron chi connectivity index (χ4n) is 1.46. The summed E-state index contributed by atoms with van der Waals surface area (Å²) in [5.41, 5.74) is 0. The molecular formula is C13H15BrFN3OS. The highest BCUT2D eigenvalue weighted by molar-refractivity contribution is 9.10. The molecule has 0 atom stereocenters. The van der Waals surface area contributed by atoms with Gasteiger partial charge in [-0.1, -0.05) is 30.3 Å². The van der Waals surface area contributed by atoms with Gasteiger partial charge in [-0.3, -0.25) is 0 Å². The third-order valence-electron chi connectivity index (χ3n) is 2.37. The Morgan fingerprint density at radius 3 is 2.90 bits per heavy atom. The molecule has 0 unspecified atom stereocenters. The molecule has 4 nitrogen and oxygen atoms in total. The number of ether oxygens (including phenoxy) is 1. The first-order valence-corrected chi connectivity index (χ1v) is 7.81. The maximum Gasteiger partial charge on any atom is 0.299 e. The van der Waals surface area contributed by atoms with Crippen molar-refractivity contribution in [1.29, 1.82) is 0 Å². The molecule has 1 heterocycles. The molecule has 20 heavy (non-hydrogen) atoms. The second-order valence-electron chi connectivity index (χ2n) is 4.66. The van der Waals surface area contributed by atoms with Gasteiger partial charge in [0.15, 0.2) is 0 Å². The Morgan fingerprint density at radius 1 is 1.40 bits per heavy atom. The summed E-state index contributed by atoms with van der Waals surface area (Å²) in [6.07, 6.45) is 0. The first-order chi connectivity index (χ1) is 9.54. The first-order valence-electron chi connectivity index (χ1n) is 6.20. The second kappa shape index (κ2) is 7.10. The van der Waals surface area contributed by atoms with Crippen LogP contribution in [0.25, 0.3) is 0 Å². The van der Waals surface area contributed by atoms with Gasteiger partial charge in [-0.05, 0) is 46.6 Å². The molecular weight excluding hydrogens is 345 g/mol. The number of nitrogens with zero attached hydrogens (tertiary/aromatic N) is 2. The molecule has 7 heteroatoms. The third kappa shape index (κ3) is 4.50. The minimum atomic E-state index is -0.326. The summed E-state index contributed by atoms with van der Waals surface area (Å²) in [5.74, 6) is 0.791. The zero-order valence-corrected chi connectivity index (χ0v) is 13.6. The van der Waals surface area contributed by atoms with Crippen LogP contribution in [0.5, 0.6) is 10.9 Å². The summed E-state index contributed by atoms with van der Waals surface area (Å²) in [7, 11) is 0. The lowest BCUT2D eigenvalue weighted by Gasteiger charge is -2.04. The van der Waals surface area contributed by atoms with E-state index < -0.39 is 0 Å². The number of nitrogens with one attached hydrogen (secondary N) is 1. The van der Waals surface area contributed by atoms with Crippen LogP contribution < -0.4 is 10.1 Å². The maximum absolute atomic E-state index is 13.1. The van der Waals surface area contributed by atoms with Crippen LogP contribution in [0.15, 0.2) is 22.7 Å². The summed E-state index contributed by atoms with van der Waals surface area (Å²) in [6.45, 7) is 5.90. The average Bonchev–Trinajstić information content (AvgIpc) is 2.81. The zero-order valence-electron chi connectivity index (χ0n) is 11.2. The van der Waals surface area contributed by atoms with E-state index in [0.29, 0.717) is 27.9 Å². The lowest BCUT2D eigenvalue weighted by Crippen LogP contribution is -2.18. The van der Waals surface area contributed by atoms with Crippen LogP contribution in [-0.2, 0) is 6.54 Å². The summed E-state index contributed by atoms with van der Waals surface area (Å²) in [4.78, 5) is 0. The van der Waals surface area contributed by atoms with E-state index in [9.17, 15) is 4.39 Å². The Balaban J connectivity index is 1.93. The molecule has 0 radical (unpaired) electrons. The Morgan fingerprint density at radius 2 is 2.20 bits per heavy atom. The molecule has 2 aromatic rings. The van der Waals surface area contributed by atoms with Crippen molar-refractivity contribution < 1.29 is 9.13 Å². The number of hydrogen-bond acceptors (Lipinski definition) is 5. The Hall–Kier alpha value is -1.05. The second-order valence-corrected chi connectivity index (χ2v) is 6.54. The lowest BCUT2D eigenvalue weighted by atomic mass is 10.2. The fraction of sp³-hybridized carbons (Fsp3) is 0.385. The van der Waals surface area contributed by atoms with Crippen molar-refractivity contribution in [2.24, 2.45) is 5.92 Å². The van der Waals surface area contributed by atoms with E-state index in [2.05, 4.69) is 45.3 Å². The molecule has 1 N–H and O–H groups in total. The summed E-state index contributed by atoms with van der Waals surface area (Å²) in [6, 6.07) is 4.46. The van der Waals surface area contributed by atoms with E-state index >= 15 is 0 Å². The van der Waals surface area contributed by atoms with Crippen molar-refractivity contribution in [2.45, 2.75) is 20.4 Å². The molecule has 0 aliphatic heterocycles. The van der Waals surface area contributed by atoms with Gasteiger partial charge in [0, 0.05) is 6.54 Å². The monoisotopic (exact) mass is 359 g/mol. The number of rotatable bonds is 6. The van der Waals surface area contributed by atoms with Crippen molar-refractivity contribution >= 4 is 27.3 Å². The fourth-order valence-corrected chi connectivity index (χ4v) is 2.49. The van der Waals surface area contributed by atoms with E-state index in [1.54, 1.807) is 12.1 Å². The molecule has 108 valence electrons. The van der Waals surface area contributed by atoms with Crippen LogP contribution >= 0.6 is 27.3 Å². The number of hydrogen-bond donors (Lipinski definition) is 1. The van der Waals surface area contributed by atoms with E-state index in [4.69, 9.17) is 4.74 Å². The van der Waals surface area contributed by atoms with Crippen LogP contribution in [0.1, 0.15) is 18.9 Å². The number of aromatic nitrogens is 2. The Bertz CT molecular complexity index is 576. The number of benzene rings is 1. The van der Waals surface area contributed by atoms with E-state index in [0.717, 1.165) is 11.6 Å². The van der Waals surface area contributed by atoms with Crippen molar-refractivity contribution in [3.05, 3.63) is 33.5 Å². The zero-order chi connectivity index (χ0) is 14.5. The molecule has 0 bridgehead atoms.